The van der Waals surface area contributed by atoms with Crippen molar-refractivity contribution in [2.45, 2.75) is 31.5 Å². The van der Waals surface area contributed by atoms with Gasteiger partial charge >= 0.3 is 0 Å². The molecule has 0 radical (unpaired) electrons. The van der Waals surface area contributed by atoms with Crippen LogP contribution in [0.4, 0.5) is 0 Å². The third kappa shape index (κ3) is 4.47. The Morgan fingerprint density at radius 1 is 1.35 bits per heavy atom. The summed E-state index contributed by atoms with van der Waals surface area (Å²) >= 11 is 0. The van der Waals surface area contributed by atoms with Crippen molar-refractivity contribution in [1.82, 2.24) is 4.90 Å². The SMILES string of the molecule is COc1ccc(C(O)CN(C)CC2CCCCO2)cc1. The maximum atomic E-state index is 10.3. The van der Waals surface area contributed by atoms with Gasteiger partial charge in [-0.2, -0.15) is 0 Å². The van der Waals surface area contributed by atoms with Crippen LogP contribution in [0.25, 0.3) is 0 Å². The summed E-state index contributed by atoms with van der Waals surface area (Å²) in [6.07, 6.45) is 3.39. The highest BCUT2D eigenvalue weighted by atomic mass is 16.5. The lowest BCUT2D eigenvalue weighted by Gasteiger charge is -2.28. The standard InChI is InChI=1S/C16H25NO3/c1-17(11-15-5-3-4-10-20-15)12-16(18)13-6-8-14(19-2)9-7-13/h6-9,15-16,18H,3-5,10-12H2,1-2H3. The zero-order valence-corrected chi connectivity index (χ0v) is 12.4. The van der Waals surface area contributed by atoms with Crippen LogP contribution >= 0.6 is 0 Å². The van der Waals surface area contributed by atoms with Crippen molar-refractivity contribution in [3.63, 3.8) is 0 Å². The number of likely N-dealkylation sites (N-methyl/N-ethyl adjacent to an activating group) is 1. The normalized spacial score (nSPS) is 20.9. The van der Waals surface area contributed by atoms with E-state index >= 15 is 0 Å². The van der Waals surface area contributed by atoms with Gasteiger partial charge in [-0.25, -0.2) is 0 Å². The van der Waals surface area contributed by atoms with Gasteiger partial charge in [-0.15, -0.1) is 0 Å². The van der Waals surface area contributed by atoms with Crippen molar-refractivity contribution in [3.8, 4) is 5.75 Å². The third-order valence-electron chi connectivity index (χ3n) is 3.77. The van der Waals surface area contributed by atoms with Crippen molar-refractivity contribution < 1.29 is 14.6 Å². The number of benzene rings is 1. The highest BCUT2D eigenvalue weighted by molar-refractivity contribution is 5.28. The first-order chi connectivity index (χ1) is 9.69. The molecule has 20 heavy (non-hydrogen) atoms. The molecule has 2 unspecified atom stereocenters. The van der Waals surface area contributed by atoms with Crippen molar-refractivity contribution >= 4 is 0 Å². The van der Waals surface area contributed by atoms with Crippen LogP contribution < -0.4 is 4.74 Å². The fraction of sp³-hybridized carbons (Fsp3) is 0.625. The predicted molar refractivity (Wildman–Crippen MR) is 79.0 cm³/mol. The first-order valence-electron chi connectivity index (χ1n) is 7.31. The number of rotatable bonds is 6. The molecule has 1 N–H and O–H groups in total. The van der Waals surface area contributed by atoms with Crippen LogP contribution in [-0.4, -0.2) is 50.0 Å². The lowest BCUT2D eigenvalue weighted by Crippen LogP contribution is -2.35. The lowest BCUT2D eigenvalue weighted by atomic mass is 10.1. The van der Waals surface area contributed by atoms with Gasteiger partial charge < -0.3 is 19.5 Å². The second kappa shape index (κ2) is 7.62. The molecule has 0 amide bonds. The molecular formula is C16H25NO3. The van der Waals surface area contributed by atoms with E-state index in [1.165, 1.54) is 12.8 Å². The summed E-state index contributed by atoms with van der Waals surface area (Å²) < 4.78 is 10.8. The zero-order valence-electron chi connectivity index (χ0n) is 12.4. The van der Waals surface area contributed by atoms with Gasteiger partial charge in [0.15, 0.2) is 0 Å². The molecule has 1 aromatic carbocycles. The fourth-order valence-corrected chi connectivity index (χ4v) is 2.60. The van der Waals surface area contributed by atoms with Gasteiger partial charge in [0.1, 0.15) is 5.75 Å². The fourth-order valence-electron chi connectivity index (χ4n) is 2.60. The average Bonchev–Trinajstić information content (AvgIpc) is 2.48. The van der Waals surface area contributed by atoms with Crippen LogP contribution in [0.15, 0.2) is 24.3 Å². The topological polar surface area (TPSA) is 41.9 Å². The summed E-state index contributed by atoms with van der Waals surface area (Å²) in [5.41, 5.74) is 0.919. The van der Waals surface area contributed by atoms with Crippen molar-refractivity contribution in [2.75, 3.05) is 33.9 Å². The van der Waals surface area contributed by atoms with Crippen LogP contribution in [-0.2, 0) is 4.74 Å². The number of aliphatic hydroxyl groups is 1. The number of hydrogen-bond donors (Lipinski definition) is 1. The molecule has 0 saturated carbocycles. The summed E-state index contributed by atoms with van der Waals surface area (Å²) in [5, 5.41) is 10.3. The third-order valence-corrected chi connectivity index (χ3v) is 3.77. The molecule has 4 heteroatoms. The molecule has 112 valence electrons. The average molecular weight is 279 g/mol. The minimum Gasteiger partial charge on any atom is -0.497 e. The highest BCUT2D eigenvalue weighted by Gasteiger charge is 2.18. The summed E-state index contributed by atoms with van der Waals surface area (Å²) in [6.45, 7) is 2.37. The molecule has 1 heterocycles. The van der Waals surface area contributed by atoms with E-state index in [2.05, 4.69) is 4.90 Å². The number of ether oxygens (including phenoxy) is 2. The molecule has 0 bridgehead atoms. The molecule has 1 fully saturated rings. The van der Waals surface area contributed by atoms with E-state index in [1.807, 2.05) is 31.3 Å². The molecule has 0 aromatic heterocycles. The maximum Gasteiger partial charge on any atom is 0.118 e. The summed E-state index contributed by atoms with van der Waals surface area (Å²) in [7, 11) is 3.67. The summed E-state index contributed by atoms with van der Waals surface area (Å²) in [5.74, 6) is 0.810. The molecule has 1 saturated heterocycles. The number of nitrogens with zero attached hydrogens (tertiary/aromatic N) is 1. The second-order valence-electron chi connectivity index (χ2n) is 5.50. The van der Waals surface area contributed by atoms with E-state index in [0.29, 0.717) is 12.6 Å². The summed E-state index contributed by atoms with van der Waals surface area (Å²) in [4.78, 5) is 2.14. The van der Waals surface area contributed by atoms with E-state index in [4.69, 9.17) is 9.47 Å². The minimum absolute atomic E-state index is 0.316. The quantitative estimate of drug-likeness (QED) is 0.867. The van der Waals surface area contributed by atoms with E-state index in [1.54, 1.807) is 7.11 Å². The first kappa shape index (κ1) is 15.3. The van der Waals surface area contributed by atoms with Gasteiger partial charge in [-0.3, -0.25) is 0 Å². The number of methoxy groups -OCH3 is 1. The van der Waals surface area contributed by atoms with E-state index in [9.17, 15) is 5.11 Å². The van der Waals surface area contributed by atoms with E-state index in [-0.39, 0.29) is 0 Å². The minimum atomic E-state index is -0.477. The van der Waals surface area contributed by atoms with Crippen molar-refractivity contribution in [2.24, 2.45) is 0 Å². The lowest BCUT2D eigenvalue weighted by molar-refractivity contribution is -0.00795. The Morgan fingerprint density at radius 3 is 2.70 bits per heavy atom. The van der Waals surface area contributed by atoms with Crippen molar-refractivity contribution in [3.05, 3.63) is 29.8 Å². The molecule has 2 rings (SSSR count). The second-order valence-corrected chi connectivity index (χ2v) is 5.50. The predicted octanol–water partition coefficient (Wildman–Crippen LogP) is 2.23. The number of aliphatic hydroxyl groups excluding tert-OH is 1. The Morgan fingerprint density at radius 2 is 2.10 bits per heavy atom. The van der Waals surface area contributed by atoms with Gasteiger partial charge in [0.2, 0.25) is 0 Å². The van der Waals surface area contributed by atoms with Crippen LogP contribution in [0, 0.1) is 0 Å². The van der Waals surface area contributed by atoms with E-state index < -0.39 is 6.10 Å². The Hall–Kier alpha value is -1.10. The van der Waals surface area contributed by atoms with Crippen LogP contribution in [0.2, 0.25) is 0 Å². The maximum absolute atomic E-state index is 10.3. The molecule has 1 aliphatic heterocycles. The Balaban J connectivity index is 1.81. The van der Waals surface area contributed by atoms with Crippen molar-refractivity contribution in [1.29, 1.82) is 0 Å². The largest absolute Gasteiger partial charge is 0.497 e. The number of hydrogen-bond acceptors (Lipinski definition) is 4. The Kier molecular flexibility index (Phi) is 5.83. The molecule has 0 spiro atoms. The Labute approximate surface area is 121 Å². The molecular weight excluding hydrogens is 254 g/mol. The van der Waals surface area contributed by atoms with E-state index in [0.717, 1.165) is 30.9 Å². The van der Waals surface area contributed by atoms with Gasteiger partial charge in [0, 0.05) is 19.7 Å². The smallest absolute Gasteiger partial charge is 0.118 e. The van der Waals surface area contributed by atoms with Crippen LogP contribution in [0.5, 0.6) is 5.75 Å². The van der Waals surface area contributed by atoms with Gasteiger partial charge in [0.25, 0.3) is 0 Å². The van der Waals surface area contributed by atoms with Gasteiger partial charge in [0.05, 0.1) is 19.3 Å². The zero-order chi connectivity index (χ0) is 14.4. The molecule has 4 nitrogen and oxygen atoms in total. The molecule has 2 atom stereocenters. The van der Waals surface area contributed by atoms with Gasteiger partial charge in [-0.05, 0) is 44.0 Å². The Bertz CT molecular complexity index is 387. The van der Waals surface area contributed by atoms with Gasteiger partial charge in [-0.1, -0.05) is 12.1 Å². The monoisotopic (exact) mass is 279 g/mol. The molecule has 1 aromatic rings. The molecule has 0 aliphatic carbocycles. The molecule has 1 aliphatic rings. The first-order valence-corrected chi connectivity index (χ1v) is 7.31. The highest BCUT2D eigenvalue weighted by Crippen LogP contribution is 2.19. The summed E-state index contributed by atoms with van der Waals surface area (Å²) in [6, 6.07) is 7.58. The van der Waals surface area contributed by atoms with Crippen LogP contribution in [0.3, 0.4) is 0 Å². The van der Waals surface area contributed by atoms with Crippen LogP contribution in [0.1, 0.15) is 30.9 Å².